The first-order valence-corrected chi connectivity index (χ1v) is 7.35. The van der Waals surface area contributed by atoms with Crippen LogP contribution in [-0.4, -0.2) is 41.5 Å². The van der Waals surface area contributed by atoms with Gasteiger partial charge in [-0.2, -0.15) is 0 Å². The van der Waals surface area contributed by atoms with E-state index in [1.54, 1.807) is 11.8 Å². The molecule has 0 atom stereocenters. The van der Waals surface area contributed by atoms with Crippen molar-refractivity contribution in [3.8, 4) is 0 Å². The summed E-state index contributed by atoms with van der Waals surface area (Å²) >= 11 is 1.65. The molecule has 0 aromatic carbocycles. The van der Waals surface area contributed by atoms with E-state index >= 15 is 0 Å². The largest absolute Gasteiger partial charge is 0.416 e. The highest BCUT2D eigenvalue weighted by Crippen LogP contribution is 2.32. The maximum absolute atomic E-state index is 5.73. The lowest BCUT2D eigenvalue weighted by Gasteiger charge is -2.17. The molecule has 1 fully saturated rings. The van der Waals surface area contributed by atoms with Crippen molar-refractivity contribution in [3.05, 3.63) is 5.89 Å². The van der Waals surface area contributed by atoms with E-state index < -0.39 is 0 Å². The third-order valence-electron chi connectivity index (χ3n) is 3.14. The zero-order chi connectivity index (χ0) is 12.1. The van der Waals surface area contributed by atoms with E-state index in [9.17, 15) is 0 Å². The minimum Gasteiger partial charge on any atom is -0.416 e. The Morgan fingerprint density at radius 2 is 2.00 bits per heavy atom. The number of hydrogen-bond donors (Lipinski definition) is 0. The Hall–Kier alpha value is -0.550. The predicted octanol–water partition coefficient (Wildman–Crippen LogP) is 2.77. The van der Waals surface area contributed by atoms with Crippen molar-refractivity contribution in [1.82, 2.24) is 15.1 Å². The lowest BCUT2D eigenvalue weighted by molar-refractivity contribution is 0.334. The van der Waals surface area contributed by atoms with Crippen LogP contribution < -0.4 is 0 Å². The van der Waals surface area contributed by atoms with Crippen molar-refractivity contribution in [2.24, 2.45) is 0 Å². The minimum atomic E-state index is 0.513. The van der Waals surface area contributed by atoms with Gasteiger partial charge in [0.05, 0.1) is 0 Å². The summed E-state index contributed by atoms with van der Waals surface area (Å²) in [5, 5.41) is 9.03. The molecule has 0 bridgehead atoms. The molecule has 96 valence electrons. The number of rotatable bonds is 5. The van der Waals surface area contributed by atoms with Crippen molar-refractivity contribution in [2.45, 2.75) is 43.2 Å². The monoisotopic (exact) mass is 255 g/mol. The summed E-state index contributed by atoms with van der Waals surface area (Å²) in [6.45, 7) is 1.03. The molecule has 0 saturated heterocycles. The van der Waals surface area contributed by atoms with Gasteiger partial charge >= 0.3 is 0 Å². The zero-order valence-electron chi connectivity index (χ0n) is 10.7. The Morgan fingerprint density at radius 3 is 2.71 bits per heavy atom. The first kappa shape index (κ1) is 12.9. The molecular weight excluding hydrogens is 234 g/mol. The van der Waals surface area contributed by atoms with Gasteiger partial charge in [0, 0.05) is 18.2 Å². The number of thioether (sulfide) groups is 1. The van der Waals surface area contributed by atoms with Gasteiger partial charge < -0.3 is 9.32 Å². The normalized spacial score (nSPS) is 17.8. The third kappa shape index (κ3) is 4.00. The molecular formula is C12H21N3OS. The third-order valence-corrected chi connectivity index (χ3v) is 3.94. The van der Waals surface area contributed by atoms with E-state index in [0.29, 0.717) is 5.92 Å². The molecule has 17 heavy (non-hydrogen) atoms. The second-order valence-corrected chi connectivity index (χ2v) is 5.94. The van der Waals surface area contributed by atoms with Gasteiger partial charge in [0.15, 0.2) is 0 Å². The quantitative estimate of drug-likeness (QED) is 0.757. The van der Waals surface area contributed by atoms with Crippen LogP contribution in [0.3, 0.4) is 0 Å². The lowest BCUT2D eigenvalue weighted by Crippen LogP contribution is -2.14. The van der Waals surface area contributed by atoms with Crippen LogP contribution in [0.2, 0.25) is 0 Å². The Kier molecular flexibility index (Phi) is 4.86. The van der Waals surface area contributed by atoms with Gasteiger partial charge in [-0.25, -0.2) is 0 Å². The number of nitrogens with zero attached hydrogens (tertiary/aromatic N) is 3. The molecule has 1 aromatic rings. The van der Waals surface area contributed by atoms with Crippen LogP contribution >= 0.6 is 11.8 Å². The van der Waals surface area contributed by atoms with Crippen molar-refractivity contribution in [3.63, 3.8) is 0 Å². The highest BCUT2D eigenvalue weighted by molar-refractivity contribution is 7.99. The standard InChI is InChI=1S/C12H21N3OS/c1-15(2)8-9-17-12-14-13-11(16-12)10-6-4-3-5-7-10/h10H,3-9H2,1-2H3. The number of aromatic nitrogens is 2. The molecule has 1 heterocycles. The molecule has 1 aromatic heterocycles. The second-order valence-electron chi connectivity index (χ2n) is 4.89. The van der Waals surface area contributed by atoms with Gasteiger partial charge in [0.25, 0.3) is 5.22 Å². The molecule has 2 rings (SSSR count). The summed E-state index contributed by atoms with van der Waals surface area (Å²) in [4.78, 5) is 2.16. The molecule has 0 spiro atoms. The highest BCUT2D eigenvalue weighted by atomic mass is 32.2. The fourth-order valence-corrected chi connectivity index (χ4v) is 2.98. The van der Waals surface area contributed by atoms with Crippen LogP contribution in [0.1, 0.15) is 43.9 Å². The van der Waals surface area contributed by atoms with E-state index in [0.717, 1.165) is 23.4 Å². The van der Waals surface area contributed by atoms with Crippen molar-refractivity contribution in [1.29, 1.82) is 0 Å². The second kappa shape index (κ2) is 6.40. The Morgan fingerprint density at radius 1 is 1.24 bits per heavy atom. The van der Waals surface area contributed by atoms with E-state index in [4.69, 9.17) is 4.42 Å². The Labute approximate surface area is 107 Å². The summed E-state index contributed by atoms with van der Waals surface area (Å²) in [5.74, 6) is 2.37. The molecule has 1 saturated carbocycles. The molecule has 0 radical (unpaired) electrons. The van der Waals surface area contributed by atoms with Crippen molar-refractivity contribution >= 4 is 11.8 Å². The van der Waals surface area contributed by atoms with Gasteiger partial charge in [-0.05, 0) is 26.9 Å². The summed E-state index contributed by atoms with van der Waals surface area (Å²) in [6, 6.07) is 0. The average molecular weight is 255 g/mol. The Balaban J connectivity index is 1.82. The van der Waals surface area contributed by atoms with Gasteiger partial charge in [0.2, 0.25) is 5.89 Å². The fraction of sp³-hybridized carbons (Fsp3) is 0.833. The first-order chi connectivity index (χ1) is 8.25. The molecule has 5 heteroatoms. The maximum atomic E-state index is 5.73. The molecule has 0 amide bonds. The average Bonchev–Trinajstić information content (AvgIpc) is 2.78. The number of hydrogen-bond acceptors (Lipinski definition) is 5. The minimum absolute atomic E-state index is 0.513. The maximum Gasteiger partial charge on any atom is 0.276 e. The Bertz CT molecular complexity index is 334. The van der Waals surface area contributed by atoms with Gasteiger partial charge in [-0.3, -0.25) is 0 Å². The van der Waals surface area contributed by atoms with Crippen LogP contribution in [-0.2, 0) is 0 Å². The molecule has 0 aliphatic heterocycles. The van der Waals surface area contributed by atoms with Crippen LogP contribution in [0.4, 0.5) is 0 Å². The molecule has 4 nitrogen and oxygen atoms in total. The van der Waals surface area contributed by atoms with Crippen molar-refractivity contribution < 1.29 is 4.42 Å². The van der Waals surface area contributed by atoms with Gasteiger partial charge in [-0.1, -0.05) is 31.0 Å². The van der Waals surface area contributed by atoms with Crippen LogP contribution in [0.15, 0.2) is 9.64 Å². The van der Waals surface area contributed by atoms with E-state index in [2.05, 4.69) is 29.2 Å². The summed E-state index contributed by atoms with van der Waals surface area (Å²) < 4.78 is 5.73. The SMILES string of the molecule is CN(C)CCSc1nnc(C2CCCCC2)o1. The first-order valence-electron chi connectivity index (χ1n) is 6.36. The van der Waals surface area contributed by atoms with Gasteiger partial charge in [-0.15, -0.1) is 10.2 Å². The van der Waals surface area contributed by atoms with Crippen LogP contribution in [0.5, 0.6) is 0 Å². The summed E-state index contributed by atoms with van der Waals surface area (Å²) in [7, 11) is 4.14. The molecule has 1 aliphatic rings. The predicted molar refractivity (Wildman–Crippen MR) is 69.4 cm³/mol. The highest BCUT2D eigenvalue weighted by Gasteiger charge is 2.21. The van der Waals surface area contributed by atoms with Crippen LogP contribution in [0.25, 0.3) is 0 Å². The lowest BCUT2D eigenvalue weighted by atomic mass is 9.89. The molecule has 1 aliphatic carbocycles. The van der Waals surface area contributed by atoms with Gasteiger partial charge in [0.1, 0.15) is 0 Å². The fourth-order valence-electron chi connectivity index (χ4n) is 2.11. The summed E-state index contributed by atoms with van der Waals surface area (Å²) in [5.41, 5.74) is 0. The molecule has 0 N–H and O–H groups in total. The zero-order valence-corrected chi connectivity index (χ0v) is 11.5. The smallest absolute Gasteiger partial charge is 0.276 e. The van der Waals surface area contributed by atoms with Crippen molar-refractivity contribution in [2.75, 3.05) is 26.4 Å². The summed E-state index contributed by atoms with van der Waals surface area (Å²) in [6.07, 6.45) is 6.38. The van der Waals surface area contributed by atoms with Crippen LogP contribution in [0, 0.1) is 0 Å². The van der Waals surface area contributed by atoms with E-state index in [1.165, 1.54) is 32.1 Å². The van der Waals surface area contributed by atoms with E-state index in [1.807, 2.05) is 0 Å². The van der Waals surface area contributed by atoms with E-state index in [-0.39, 0.29) is 0 Å². The molecule has 0 unspecified atom stereocenters. The topological polar surface area (TPSA) is 42.2 Å².